The van der Waals surface area contributed by atoms with Gasteiger partial charge in [0, 0.05) is 25.3 Å². The lowest BCUT2D eigenvalue weighted by Gasteiger charge is -2.29. The second kappa shape index (κ2) is 6.38. The molecule has 19 heavy (non-hydrogen) atoms. The molecule has 1 unspecified atom stereocenters. The van der Waals surface area contributed by atoms with Crippen LogP contribution in [0.2, 0.25) is 0 Å². The van der Waals surface area contributed by atoms with E-state index in [1.807, 2.05) is 6.07 Å². The summed E-state index contributed by atoms with van der Waals surface area (Å²) in [5.74, 6) is 0.663. The second-order valence-electron chi connectivity index (χ2n) is 5.64. The van der Waals surface area contributed by atoms with Gasteiger partial charge in [0.25, 0.3) is 0 Å². The molecule has 1 aliphatic carbocycles. The summed E-state index contributed by atoms with van der Waals surface area (Å²) in [4.78, 5) is 2.31. The first kappa shape index (κ1) is 14.3. The summed E-state index contributed by atoms with van der Waals surface area (Å²) in [5.41, 5.74) is 2.22. The van der Waals surface area contributed by atoms with Crippen molar-refractivity contribution in [2.75, 3.05) is 18.5 Å². The average Bonchev–Trinajstić information content (AvgIpc) is 3.22. The number of nitrogens with one attached hydrogen (secondary N) is 1. The fourth-order valence-electron chi connectivity index (χ4n) is 2.55. The molecule has 0 amide bonds. The lowest BCUT2D eigenvalue weighted by Crippen LogP contribution is -2.32. The summed E-state index contributed by atoms with van der Waals surface area (Å²) in [6, 6.07) is 5.68. The minimum Gasteiger partial charge on any atom is -0.371 e. The van der Waals surface area contributed by atoms with Crippen LogP contribution in [0.5, 0.6) is 0 Å². The van der Waals surface area contributed by atoms with Gasteiger partial charge in [0.05, 0.1) is 0 Å². The first-order chi connectivity index (χ1) is 9.13. The van der Waals surface area contributed by atoms with Gasteiger partial charge in [0.2, 0.25) is 0 Å². The standard InChI is InChI=1S/C16H25FN2/c1-4-9-18-11-14-10-15(17)7-8-16(14)19(3)12(2)13-5-6-13/h7-8,10,12-13,18H,4-6,9,11H2,1-3H3. The zero-order valence-electron chi connectivity index (χ0n) is 12.2. The zero-order valence-corrected chi connectivity index (χ0v) is 12.2. The van der Waals surface area contributed by atoms with Gasteiger partial charge in [-0.1, -0.05) is 6.92 Å². The molecule has 2 nitrogen and oxygen atoms in total. The highest BCUT2D eigenvalue weighted by Crippen LogP contribution is 2.37. The summed E-state index contributed by atoms with van der Waals surface area (Å²) >= 11 is 0. The van der Waals surface area contributed by atoms with E-state index in [0.29, 0.717) is 6.04 Å². The molecule has 0 heterocycles. The maximum atomic E-state index is 13.4. The van der Waals surface area contributed by atoms with Crippen LogP contribution in [0.15, 0.2) is 18.2 Å². The second-order valence-corrected chi connectivity index (χ2v) is 5.64. The number of hydrogen-bond acceptors (Lipinski definition) is 2. The Morgan fingerprint density at radius 3 is 2.79 bits per heavy atom. The number of halogens is 1. The van der Waals surface area contributed by atoms with E-state index in [1.165, 1.54) is 12.8 Å². The molecule has 1 saturated carbocycles. The van der Waals surface area contributed by atoms with Crippen molar-refractivity contribution >= 4 is 5.69 Å². The predicted octanol–water partition coefficient (Wildman–Crippen LogP) is 3.56. The molecule has 3 heteroatoms. The summed E-state index contributed by atoms with van der Waals surface area (Å²) in [6.07, 6.45) is 3.76. The molecule has 1 aliphatic rings. The molecule has 1 aromatic carbocycles. The molecule has 0 bridgehead atoms. The van der Waals surface area contributed by atoms with Gasteiger partial charge in [-0.25, -0.2) is 4.39 Å². The molecule has 1 atom stereocenters. The highest BCUT2D eigenvalue weighted by Gasteiger charge is 2.31. The average molecular weight is 264 g/mol. The van der Waals surface area contributed by atoms with Crippen molar-refractivity contribution in [1.29, 1.82) is 0 Å². The summed E-state index contributed by atoms with van der Waals surface area (Å²) < 4.78 is 13.4. The molecule has 1 N–H and O–H groups in total. The van der Waals surface area contributed by atoms with Gasteiger partial charge in [-0.2, -0.15) is 0 Å². The van der Waals surface area contributed by atoms with Crippen molar-refractivity contribution in [3.63, 3.8) is 0 Å². The van der Waals surface area contributed by atoms with E-state index in [-0.39, 0.29) is 5.82 Å². The number of anilines is 1. The molecule has 0 aliphatic heterocycles. The summed E-state index contributed by atoms with van der Waals surface area (Å²) in [5, 5.41) is 3.36. The van der Waals surface area contributed by atoms with Crippen molar-refractivity contribution in [3.05, 3.63) is 29.6 Å². The SMILES string of the molecule is CCCNCc1cc(F)ccc1N(C)C(C)C1CC1. The van der Waals surface area contributed by atoms with Crippen molar-refractivity contribution in [1.82, 2.24) is 5.32 Å². The third-order valence-corrected chi connectivity index (χ3v) is 4.08. The van der Waals surface area contributed by atoms with Crippen LogP contribution in [-0.4, -0.2) is 19.6 Å². The van der Waals surface area contributed by atoms with Crippen LogP contribution in [0, 0.1) is 11.7 Å². The fraction of sp³-hybridized carbons (Fsp3) is 0.625. The number of nitrogens with zero attached hydrogens (tertiary/aromatic N) is 1. The Hall–Kier alpha value is -1.09. The molecule has 0 saturated heterocycles. The summed E-state index contributed by atoms with van der Waals surface area (Å²) in [7, 11) is 2.12. The van der Waals surface area contributed by atoms with Crippen LogP contribution in [0.1, 0.15) is 38.7 Å². The summed E-state index contributed by atoms with van der Waals surface area (Å²) in [6.45, 7) is 6.12. The Morgan fingerprint density at radius 1 is 1.42 bits per heavy atom. The van der Waals surface area contributed by atoms with Gasteiger partial charge in [-0.3, -0.25) is 0 Å². The van der Waals surface area contributed by atoms with Gasteiger partial charge >= 0.3 is 0 Å². The number of rotatable bonds is 7. The van der Waals surface area contributed by atoms with Crippen LogP contribution < -0.4 is 10.2 Å². The minimum absolute atomic E-state index is 0.149. The maximum Gasteiger partial charge on any atom is 0.123 e. The maximum absolute atomic E-state index is 13.4. The Balaban J connectivity index is 2.12. The van der Waals surface area contributed by atoms with Crippen LogP contribution >= 0.6 is 0 Å². The lowest BCUT2D eigenvalue weighted by atomic mass is 10.1. The highest BCUT2D eigenvalue weighted by molar-refractivity contribution is 5.54. The van der Waals surface area contributed by atoms with Crippen molar-refractivity contribution < 1.29 is 4.39 Å². The number of benzene rings is 1. The van der Waals surface area contributed by atoms with Crippen molar-refractivity contribution in [2.24, 2.45) is 5.92 Å². The van der Waals surface area contributed by atoms with E-state index in [2.05, 4.69) is 31.1 Å². The smallest absolute Gasteiger partial charge is 0.123 e. The topological polar surface area (TPSA) is 15.3 Å². The Bertz CT molecular complexity index is 415. The molecule has 0 radical (unpaired) electrons. The third-order valence-electron chi connectivity index (χ3n) is 4.08. The molecule has 1 aromatic rings. The van der Waals surface area contributed by atoms with Crippen molar-refractivity contribution in [2.45, 2.75) is 45.7 Å². The third kappa shape index (κ3) is 3.69. The van der Waals surface area contributed by atoms with Gasteiger partial charge in [0.1, 0.15) is 5.82 Å². The number of hydrogen-bond donors (Lipinski definition) is 1. The molecule has 1 fully saturated rings. The van der Waals surface area contributed by atoms with E-state index < -0.39 is 0 Å². The van der Waals surface area contributed by atoms with E-state index in [1.54, 1.807) is 12.1 Å². The first-order valence-electron chi connectivity index (χ1n) is 7.35. The van der Waals surface area contributed by atoms with Gasteiger partial charge in [0.15, 0.2) is 0 Å². The van der Waals surface area contributed by atoms with E-state index in [9.17, 15) is 4.39 Å². The molecular weight excluding hydrogens is 239 g/mol. The molecule has 106 valence electrons. The molecule has 0 spiro atoms. The normalized spacial score (nSPS) is 16.4. The molecule has 0 aromatic heterocycles. The minimum atomic E-state index is -0.149. The van der Waals surface area contributed by atoms with Crippen LogP contribution in [0.3, 0.4) is 0 Å². The molecular formula is C16H25FN2. The Labute approximate surface area is 116 Å². The fourth-order valence-corrected chi connectivity index (χ4v) is 2.55. The van der Waals surface area contributed by atoms with Crippen LogP contribution in [0.4, 0.5) is 10.1 Å². The Morgan fingerprint density at radius 2 is 2.16 bits per heavy atom. The quantitative estimate of drug-likeness (QED) is 0.758. The van der Waals surface area contributed by atoms with Crippen LogP contribution in [-0.2, 0) is 6.54 Å². The molecule has 2 rings (SSSR count). The highest BCUT2D eigenvalue weighted by atomic mass is 19.1. The van der Waals surface area contributed by atoms with E-state index >= 15 is 0 Å². The van der Waals surface area contributed by atoms with Gasteiger partial charge < -0.3 is 10.2 Å². The zero-order chi connectivity index (χ0) is 13.8. The largest absolute Gasteiger partial charge is 0.371 e. The monoisotopic (exact) mass is 264 g/mol. The predicted molar refractivity (Wildman–Crippen MR) is 79.0 cm³/mol. The lowest BCUT2D eigenvalue weighted by molar-refractivity contribution is 0.596. The van der Waals surface area contributed by atoms with Gasteiger partial charge in [-0.15, -0.1) is 0 Å². The first-order valence-corrected chi connectivity index (χ1v) is 7.35. The van der Waals surface area contributed by atoms with E-state index in [4.69, 9.17) is 0 Å². The van der Waals surface area contributed by atoms with Crippen molar-refractivity contribution in [3.8, 4) is 0 Å². The van der Waals surface area contributed by atoms with E-state index in [0.717, 1.165) is 36.7 Å². The van der Waals surface area contributed by atoms with Gasteiger partial charge in [-0.05, 0) is 62.4 Å². The van der Waals surface area contributed by atoms with Crippen LogP contribution in [0.25, 0.3) is 0 Å². The Kier molecular flexibility index (Phi) is 4.81.